The molecule has 24 heavy (non-hydrogen) atoms. The van der Waals surface area contributed by atoms with Crippen molar-refractivity contribution in [1.82, 2.24) is 4.90 Å². The highest BCUT2D eigenvalue weighted by Gasteiger charge is 2.36. The van der Waals surface area contributed by atoms with E-state index in [1.54, 1.807) is 19.1 Å². The number of piperidine rings is 1. The molecule has 2 heterocycles. The number of carbonyl (C=O) groups is 3. The zero-order chi connectivity index (χ0) is 17.5. The Balaban J connectivity index is 1.74. The maximum atomic E-state index is 12.6. The van der Waals surface area contributed by atoms with Gasteiger partial charge in [0.15, 0.2) is 5.78 Å². The van der Waals surface area contributed by atoms with Crippen LogP contribution in [0.1, 0.15) is 51.1 Å². The number of carboxylic acid groups (broad SMARTS) is 1. The van der Waals surface area contributed by atoms with Crippen molar-refractivity contribution in [1.29, 1.82) is 0 Å². The predicted molar refractivity (Wildman–Crippen MR) is 83.0 cm³/mol. The van der Waals surface area contributed by atoms with Gasteiger partial charge in [-0.3, -0.25) is 4.79 Å². The average molecular weight is 333 g/mol. The van der Waals surface area contributed by atoms with Crippen LogP contribution in [0, 0.1) is 6.92 Å². The third-order valence-electron chi connectivity index (χ3n) is 4.92. The quantitative estimate of drug-likeness (QED) is 0.645. The lowest BCUT2D eigenvalue weighted by Crippen LogP contribution is -2.47. The second-order valence-corrected chi connectivity index (χ2v) is 6.43. The number of ether oxygens (including phenoxy) is 1. The Morgan fingerprint density at radius 1 is 1.29 bits per heavy atom. The first-order chi connectivity index (χ1) is 11.3. The summed E-state index contributed by atoms with van der Waals surface area (Å²) in [6, 6.07) is 3.18. The van der Waals surface area contributed by atoms with E-state index in [0.29, 0.717) is 16.7 Å². The fourth-order valence-electron chi connectivity index (χ4n) is 3.34. The second kappa shape index (κ2) is 5.90. The average Bonchev–Trinajstić information content (AvgIpc) is 2.90. The van der Waals surface area contributed by atoms with E-state index in [0.717, 1.165) is 5.56 Å². The third-order valence-corrected chi connectivity index (χ3v) is 4.92. The van der Waals surface area contributed by atoms with Crippen LogP contribution in [0.5, 0.6) is 0 Å². The summed E-state index contributed by atoms with van der Waals surface area (Å²) in [5.41, 5.74) is 1.19. The number of Topliss-reactive ketones (excluding diaryl/α,β-unsaturated/α-hetero) is 1. The summed E-state index contributed by atoms with van der Waals surface area (Å²) in [5, 5.41) is 19.6. The summed E-state index contributed by atoms with van der Waals surface area (Å²) < 4.78 is 4.98. The van der Waals surface area contributed by atoms with Gasteiger partial charge in [0, 0.05) is 30.6 Å². The van der Waals surface area contributed by atoms with E-state index < -0.39 is 11.7 Å². The maximum absolute atomic E-state index is 12.6. The van der Waals surface area contributed by atoms with Gasteiger partial charge in [-0.1, -0.05) is 6.07 Å². The normalized spacial score (nSPS) is 18.9. The first-order valence-corrected chi connectivity index (χ1v) is 7.84. The van der Waals surface area contributed by atoms with Crippen LogP contribution in [-0.4, -0.2) is 51.6 Å². The standard InChI is InChI=1S/C17H19NO6/c1-10-11(2-3-12-13(10)9-24-15(12)20)14(19)8-17(23)4-6-18(7-5-17)16(21)22/h2-3,23H,4-9H2,1H3,(H,21,22). The molecule has 2 N–H and O–H groups in total. The van der Waals surface area contributed by atoms with E-state index in [1.165, 1.54) is 4.90 Å². The molecule has 0 bridgehead atoms. The van der Waals surface area contributed by atoms with E-state index in [2.05, 4.69) is 0 Å². The maximum Gasteiger partial charge on any atom is 0.407 e. The lowest BCUT2D eigenvalue weighted by atomic mass is 9.84. The van der Waals surface area contributed by atoms with Crippen molar-refractivity contribution in [2.75, 3.05) is 13.1 Å². The number of ketones is 1. The summed E-state index contributed by atoms with van der Waals surface area (Å²) >= 11 is 0. The number of hydrogen-bond donors (Lipinski definition) is 2. The Morgan fingerprint density at radius 3 is 2.58 bits per heavy atom. The van der Waals surface area contributed by atoms with Crippen molar-refractivity contribution in [3.05, 3.63) is 34.4 Å². The molecule has 0 saturated carbocycles. The van der Waals surface area contributed by atoms with Crippen LogP contribution < -0.4 is 0 Å². The summed E-state index contributed by atoms with van der Waals surface area (Å²) in [7, 11) is 0. The number of carbonyl (C=O) groups excluding carboxylic acids is 2. The zero-order valence-electron chi connectivity index (χ0n) is 13.4. The number of amides is 1. The monoisotopic (exact) mass is 333 g/mol. The van der Waals surface area contributed by atoms with Crippen molar-refractivity contribution in [3.63, 3.8) is 0 Å². The highest BCUT2D eigenvalue weighted by molar-refractivity contribution is 6.01. The van der Waals surface area contributed by atoms with Gasteiger partial charge in [0.1, 0.15) is 6.61 Å². The zero-order valence-corrected chi connectivity index (χ0v) is 13.4. The molecule has 2 aliphatic heterocycles. The van der Waals surface area contributed by atoms with E-state index in [1.807, 2.05) is 0 Å². The first kappa shape index (κ1) is 16.4. The Kier molecular flexibility index (Phi) is 4.04. The molecule has 1 aromatic carbocycles. The van der Waals surface area contributed by atoms with Crippen molar-refractivity contribution < 1.29 is 29.3 Å². The topological polar surface area (TPSA) is 104 Å². The number of rotatable bonds is 3. The Bertz CT molecular complexity index is 718. The third kappa shape index (κ3) is 2.87. The number of hydrogen-bond acceptors (Lipinski definition) is 5. The van der Waals surface area contributed by atoms with Gasteiger partial charge in [-0.15, -0.1) is 0 Å². The number of esters is 1. The minimum Gasteiger partial charge on any atom is -0.465 e. The molecular weight excluding hydrogens is 314 g/mol. The van der Waals surface area contributed by atoms with Gasteiger partial charge >= 0.3 is 12.1 Å². The summed E-state index contributed by atoms with van der Waals surface area (Å²) in [6.07, 6.45) is -0.607. The van der Waals surface area contributed by atoms with Crippen LogP contribution in [0.4, 0.5) is 4.79 Å². The molecule has 7 heteroatoms. The number of likely N-dealkylation sites (tertiary alicyclic amines) is 1. The molecule has 0 spiro atoms. The lowest BCUT2D eigenvalue weighted by molar-refractivity contribution is -0.0181. The highest BCUT2D eigenvalue weighted by Crippen LogP contribution is 2.30. The largest absolute Gasteiger partial charge is 0.465 e. The van der Waals surface area contributed by atoms with Crippen LogP contribution in [0.15, 0.2) is 12.1 Å². The van der Waals surface area contributed by atoms with Crippen molar-refractivity contribution in [2.24, 2.45) is 0 Å². The molecule has 128 valence electrons. The van der Waals surface area contributed by atoms with E-state index in [4.69, 9.17) is 9.84 Å². The number of aliphatic hydroxyl groups is 1. The molecule has 1 aromatic rings. The van der Waals surface area contributed by atoms with Crippen LogP contribution in [0.2, 0.25) is 0 Å². The first-order valence-electron chi connectivity index (χ1n) is 7.84. The van der Waals surface area contributed by atoms with Crippen molar-refractivity contribution in [2.45, 2.75) is 38.4 Å². The second-order valence-electron chi connectivity index (χ2n) is 6.43. The minimum atomic E-state index is -1.19. The molecule has 7 nitrogen and oxygen atoms in total. The fourth-order valence-corrected chi connectivity index (χ4v) is 3.34. The van der Waals surface area contributed by atoms with Crippen molar-refractivity contribution in [3.8, 4) is 0 Å². The van der Waals surface area contributed by atoms with E-state index in [9.17, 15) is 19.5 Å². The summed E-state index contributed by atoms with van der Waals surface area (Å²) in [5.74, 6) is -0.590. The van der Waals surface area contributed by atoms with Crippen LogP contribution in [0.25, 0.3) is 0 Å². The van der Waals surface area contributed by atoms with Crippen LogP contribution in [-0.2, 0) is 11.3 Å². The smallest absolute Gasteiger partial charge is 0.407 e. The molecule has 1 amide bonds. The number of nitrogens with zero attached hydrogens (tertiary/aromatic N) is 1. The van der Waals surface area contributed by atoms with Crippen molar-refractivity contribution >= 4 is 17.8 Å². The summed E-state index contributed by atoms with van der Waals surface area (Å²) in [6.45, 7) is 2.36. The molecule has 3 rings (SSSR count). The molecule has 2 aliphatic rings. The van der Waals surface area contributed by atoms with Crippen LogP contribution in [0.3, 0.4) is 0 Å². The minimum absolute atomic E-state index is 0.0606. The molecule has 0 aromatic heterocycles. The summed E-state index contributed by atoms with van der Waals surface area (Å²) in [4.78, 5) is 36.3. The Labute approximate surface area is 138 Å². The molecule has 0 unspecified atom stereocenters. The molecule has 1 fully saturated rings. The Hall–Kier alpha value is -2.41. The van der Waals surface area contributed by atoms with Gasteiger partial charge in [-0.05, 0) is 31.4 Å². The van der Waals surface area contributed by atoms with Gasteiger partial charge < -0.3 is 19.8 Å². The predicted octanol–water partition coefficient (Wildman–Crippen LogP) is 1.74. The SMILES string of the molecule is Cc1c(C(=O)CC2(O)CCN(C(=O)O)CC2)ccc2c1COC2=O. The van der Waals surface area contributed by atoms with E-state index >= 15 is 0 Å². The molecule has 0 atom stereocenters. The van der Waals surface area contributed by atoms with Gasteiger partial charge in [0.2, 0.25) is 0 Å². The van der Waals surface area contributed by atoms with E-state index in [-0.39, 0.29) is 50.7 Å². The lowest BCUT2D eigenvalue weighted by Gasteiger charge is -2.36. The number of cyclic esters (lactones) is 1. The molecule has 0 radical (unpaired) electrons. The molecule has 0 aliphatic carbocycles. The molecule has 1 saturated heterocycles. The number of benzene rings is 1. The van der Waals surface area contributed by atoms with Gasteiger partial charge in [-0.25, -0.2) is 9.59 Å². The molecular formula is C17H19NO6. The van der Waals surface area contributed by atoms with Gasteiger partial charge in [0.05, 0.1) is 11.2 Å². The van der Waals surface area contributed by atoms with Gasteiger partial charge in [0.25, 0.3) is 0 Å². The van der Waals surface area contributed by atoms with Crippen LogP contribution >= 0.6 is 0 Å². The highest BCUT2D eigenvalue weighted by atomic mass is 16.5. The fraction of sp³-hybridized carbons (Fsp3) is 0.471. The Morgan fingerprint density at radius 2 is 1.96 bits per heavy atom. The number of fused-ring (bicyclic) bond motifs is 1. The van der Waals surface area contributed by atoms with Gasteiger partial charge in [-0.2, -0.15) is 0 Å².